The van der Waals surface area contributed by atoms with E-state index < -0.39 is 5.60 Å². The van der Waals surface area contributed by atoms with E-state index in [9.17, 15) is 5.11 Å². The molecule has 0 aliphatic heterocycles. The van der Waals surface area contributed by atoms with Gasteiger partial charge in [-0.15, -0.1) is 0 Å². The predicted octanol–water partition coefficient (Wildman–Crippen LogP) is 1.83. The van der Waals surface area contributed by atoms with Crippen LogP contribution in [-0.4, -0.2) is 31.9 Å². The molecule has 1 aromatic carbocycles. The van der Waals surface area contributed by atoms with Crippen LogP contribution in [0.2, 0.25) is 0 Å². The number of aliphatic hydroxyl groups is 1. The molecule has 1 rings (SSSR count). The summed E-state index contributed by atoms with van der Waals surface area (Å²) < 4.78 is 4.97. The molecule has 0 aromatic heterocycles. The molecular weight excluding hydrogens is 214 g/mol. The SMILES string of the molecule is CCC(O)(CNCCOC)c1ccc(C)cc1. The normalized spacial score (nSPS) is 14.6. The average molecular weight is 237 g/mol. The third-order valence-corrected chi connectivity index (χ3v) is 3.07. The first-order valence-corrected chi connectivity index (χ1v) is 6.11. The van der Waals surface area contributed by atoms with Crippen LogP contribution in [0.3, 0.4) is 0 Å². The van der Waals surface area contributed by atoms with Crippen molar-refractivity contribution in [3.63, 3.8) is 0 Å². The number of hydrogen-bond acceptors (Lipinski definition) is 3. The third kappa shape index (κ3) is 4.11. The monoisotopic (exact) mass is 237 g/mol. The Kier molecular flexibility index (Phi) is 5.62. The lowest BCUT2D eigenvalue weighted by molar-refractivity contribution is 0.0312. The van der Waals surface area contributed by atoms with Gasteiger partial charge >= 0.3 is 0 Å². The van der Waals surface area contributed by atoms with E-state index in [2.05, 4.69) is 5.32 Å². The van der Waals surface area contributed by atoms with E-state index in [1.54, 1.807) is 7.11 Å². The molecular formula is C14H23NO2. The van der Waals surface area contributed by atoms with Crippen molar-refractivity contribution in [3.8, 4) is 0 Å². The number of rotatable bonds is 7. The summed E-state index contributed by atoms with van der Waals surface area (Å²) in [5.41, 5.74) is 1.39. The minimum Gasteiger partial charge on any atom is -0.384 e. The van der Waals surface area contributed by atoms with Crippen LogP contribution >= 0.6 is 0 Å². The van der Waals surface area contributed by atoms with Crippen molar-refractivity contribution in [3.05, 3.63) is 35.4 Å². The first-order chi connectivity index (χ1) is 8.12. The van der Waals surface area contributed by atoms with Gasteiger partial charge in [0.15, 0.2) is 0 Å². The van der Waals surface area contributed by atoms with Crippen molar-refractivity contribution in [2.24, 2.45) is 0 Å². The molecule has 0 amide bonds. The molecule has 2 N–H and O–H groups in total. The lowest BCUT2D eigenvalue weighted by Crippen LogP contribution is -2.38. The van der Waals surface area contributed by atoms with E-state index in [0.29, 0.717) is 19.6 Å². The Bertz CT molecular complexity index is 323. The van der Waals surface area contributed by atoms with Gasteiger partial charge < -0.3 is 15.2 Å². The molecule has 1 aromatic rings. The fourth-order valence-corrected chi connectivity index (χ4v) is 1.76. The Morgan fingerprint density at radius 2 is 1.94 bits per heavy atom. The highest BCUT2D eigenvalue weighted by Crippen LogP contribution is 2.24. The van der Waals surface area contributed by atoms with Crippen LogP contribution < -0.4 is 5.32 Å². The second-order valence-corrected chi connectivity index (χ2v) is 4.42. The Balaban J connectivity index is 2.63. The first-order valence-electron chi connectivity index (χ1n) is 6.11. The summed E-state index contributed by atoms with van der Waals surface area (Å²) in [6.07, 6.45) is 0.691. The maximum atomic E-state index is 10.6. The van der Waals surface area contributed by atoms with E-state index >= 15 is 0 Å². The summed E-state index contributed by atoms with van der Waals surface area (Å²) in [4.78, 5) is 0. The molecule has 0 aliphatic carbocycles. The number of hydrogen-bond donors (Lipinski definition) is 2. The molecule has 0 radical (unpaired) electrons. The molecule has 1 atom stereocenters. The standard InChI is InChI=1S/C14H23NO2/c1-4-14(16,11-15-9-10-17-3)13-7-5-12(2)6-8-13/h5-8,15-16H,4,9-11H2,1-3H3. The molecule has 0 fully saturated rings. The second kappa shape index (κ2) is 6.74. The van der Waals surface area contributed by atoms with Gasteiger partial charge in [-0.2, -0.15) is 0 Å². The molecule has 0 bridgehead atoms. The fraction of sp³-hybridized carbons (Fsp3) is 0.571. The number of benzene rings is 1. The van der Waals surface area contributed by atoms with Crippen molar-refractivity contribution < 1.29 is 9.84 Å². The van der Waals surface area contributed by atoms with E-state index in [1.165, 1.54) is 5.56 Å². The third-order valence-electron chi connectivity index (χ3n) is 3.07. The Morgan fingerprint density at radius 1 is 1.29 bits per heavy atom. The van der Waals surface area contributed by atoms with Gasteiger partial charge in [-0.05, 0) is 18.9 Å². The van der Waals surface area contributed by atoms with Crippen LogP contribution in [0, 0.1) is 6.92 Å². The summed E-state index contributed by atoms with van der Waals surface area (Å²) in [7, 11) is 1.67. The molecule has 1 unspecified atom stereocenters. The van der Waals surface area contributed by atoms with Crippen LogP contribution in [0.25, 0.3) is 0 Å². The highest BCUT2D eigenvalue weighted by atomic mass is 16.5. The number of methoxy groups -OCH3 is 1. The first kappa shape index (κ1) is 14.2. The van der Waals surface area contributed by atoms with Gasteiger partial charge in [-0.25, -0.2) is 0 Å². The van der Waals surface area contributed by atoms with E-state index in [-0.39, 0.29) is 0 Å². The largest absolute Gasteiger partial charge is 0.384 e. The van der Waals surface area contributed by atoms with Gasteiger partial charge in [0, 0.05) is 20.2 Å². The molecule has 3 nitrogen and oxygen atoms in total. The van der Waals surface area contributed by atoms with E-state index in [0.717, 1.165) is 12.1 Å². The van der Waals surface area contributed by atoms with Crippen LogP contribution in [0.1, 0.15) is 24.5 Å². The van der Waals surface area contributed by atoms with Crippen molar-refractivity contribution in [2.75, 3.05) is 26.8 Å². The van der Waals surface area contributed by atoms with Gasteiger partial charge in [-0.3, -0.25) is 0 Å². The van der Waals surface area contributed by atoms with Gasteiger partial charge in [0.05, 0.1) is 6.61 Å². The highest BCUT2D eigenvalue weighted by molar-refractivity contribution is 5.26. The maximum absolute atomic E-state index is 10.6. The number of ether oxygens (including phenoxy) is 1. The summed E-state index contributed by atoms with van der Waals surface area (Å²) in [6, 6.07) is 8.06. The summed E-state index contributed by atoms with van der Waals surface area (Å²) in [6.45, 7) is 6.01. The van der Waals surface area contributed by atoms with Crippen molar-refractivity contribution >= 4 is 0 Å². The van der Waals surface area contributed by atoms with Gasteiger partial charge in [0.2, 0.25) is 0 Å². The minimum atomic E-state index is -0.790. The number of aryl methyl sites for hydroxylation is 1. The molecule has 0 spiro atoms. The van der Waals surface area contributed by atoms with Crippen molar-refractivity contribution in [1.82, 2.24) is 5.32 Å². The minimum absolute atomic E-state index is 0.552. The van der Waals surface area contributed by atoms with Crippen LogP contribution in [0.4, 0.5) is 0 Å². The lowest BCUT2D eigenvalue weighted by Gasteiger charge is -2.28. The molecule has 0 aliphatic rings. The van der Waals surface area contributed by atoms with E-state index in [4.69, 9.17) is 4.74 Å². The summed E-state index contributed by atoms with van der Waals surface area (Å²) >= 11 is 0. The van der Waals surface area contributed by atoms with Crippen molar-refractivity contribution in [2.45, 2.75) is 25.9 Å². The molecule has 0 saturated carbocycles. The zero-order valence-electron chi connectivity index (χ0n) is 11.0. The Morgan fingerprint density at radius 3 is 2.47 bits per heavy atom. The quantitative estimate of drug-likeness (QED) is 0.711. The summed E-state index contributed by atoms with van der Waals surface area (Å²) in [5, 5.41) is 13.8. The Labute approximate surface area is 104 Å². The Hall–Kier alpha value is -0.900. The van der Waals surface area contributed by atoms with Gasteiger partial charge in [-0.1, -0.05) is 36.8 Å². The second-order valence-electron chi connectivity index (χ2n) is 4.42. The van der Waals surface area contributed by atoms with Gasteiger partial charge in [0.25, 0.3) is 0 Å². The van der Waals surface area contributed by atoms with Crippen molar-refractivity contribution in [1.29, 1.82) is 0 Å². The fourth-order valence-electron chi connectivity index (χ4n) is 1.76. The zero-order valence-corrected chi connectivity index (χ0v) is 11.0. The lowest BCUT2D eigenvalue weighted by atomic mass is 9.90. The molecule has 96 valence electrons. The smallest absolute Gasteiger partial charge is 0.102 e. The van der Waals surface area contributed by atoms with Crippen LogP contribution in [0.5, 0.6) is 0 Å². The zero-order chi connectivity index (χ0) is 12.7. The topological polar surface area (TPSA) is 41.5 Å². The molecule has 3 heteroatoms. The van der Waals surface area contributed by atoms with Gasteiger partial charge in [0.1, 0.15) is 5.60 Å². The maximum Gasteiger partial charge on any atom is 0.102 e. The van der Waals surface area contributed by atoms with Crippen LogP contribution in [-0.2, 0) is 10.3 Å². The molecule has 0 saturated heterocycles. The molecule has 17 heavy (non-hydrogen) atoms. The van der Waals surface area contributed by atoms with E-state index in [1.807, 2.05) is 38.1 Å². The van der Waals surface area contributed by atoms with Crippen LogP contribution in [0.15, 0.2) is 24.3 Å². The average Bonchev–Trinajstić information content (AvgIpc) is 2.35. The molecule has 0 heterocycles. The number of nitrogens with one attached hydrogen (secondary N) is 1. The highest BCUT2D eigenvalue weighted by Gasteiger charge is 2.26. The summed E-state index contributed by atoms with van der Waals surface area (Å²) in [5.74, 6) is 0. The predicted molar refractivity (Wildman–Crippen MR) is 70.1 cm³/mol.